The second-order valence-electron chi connectivity index (χ2n) is 3.85. The molecule has 0 aliphatic carbocycles. The van der Waals surface area contributed by atoms with E-state index in [1.807, 2.05) is 0 Å². The molecular formula is C14H9FO4. The summed E-state index contributed by atoms with van der Waals surface area (Å²) in [5.74, 6) is -3.10. The molecule has 2 aromatic rings. The molecule has 19 heavy (non-hydrogen) atoms. The van der Waals surface area contributed by atoms with Crippen LogP contribution in [0.2, 0.25) is 0 Å². The van der Waals surface area contributed by atoms with E-state index in [9.17, 15) is 14.0 Å². The Morgan fingerprint density at radius 1 is 0.895 bits per heavy atom. The van der Waals surface area contributed by atoms with Crippen molar-refractivity contribution >= 4 is 11.9 Å². The molecule has 2 rings (SSSR count). The van der Waals surface area contributed by atoms with Crippen LogP contribution in [0, 0.1) is 5.82 Å². The number of carboxylic acids is 2. The van der Waals surface area contributed by atoms with Gasteiger partial charge in [0.25, 0.3) is 0 Å². The Balaban J connectivity index is 2.67. The third-order valence-electron chi connectivity index (χ3n) is 2.66. The van der Waals surface area contributed by atoms with Gasteiger partial charge in [-0.05, 0) is 23.8 Å². The van der Waals surface area contributed by atoms with E-state index in [0.717, 1.165) is 6.07 Å². The molecule has 5 heteroatoms. The van der Waals surface area contributed by atoms with Crippen LogP contribution in [0.5, 0.6) is 0 Å². The molecule has 0 atom stereocenters. The lowest BCUT2D eigenvalue weighted by Gasteiger charge is -2.08. The molecule has 0 aromatic heterocycles. The fourth-order valence-electron chi connectivity index (χ4n) is 1.77. The normalized spacial score (nSPS) is 10.2. The third-order valence-corrected chi connectivity index (χ3v) is 2.66. The Morgan fingerprint density at radius 2 is 1.58 bits per heavy atom. The Labute approximate surface area is 107 Å². The summed E-state index contributed by atoms with van der Waals surface area (Å²) < 4.78 is 13.7. The molecule has 2 aromatic carbocycles. The van der Waals surface area contributed by atoms with Crippen LogP contribution in [-0.2, 0) is 0 Å². The Morgan fingerprint density at radius 3 is 2.16 bits per heavy atom. The van der Waals surface area contributed by atoms with Crippen molar-refractivity contribution in [2.45, 2.75) is 0 Å². The topological polar surface area (TPSA) is 74.6 Å². The van der Waals surface area contributed by atoms with Gasteiger partial charge in [0.05, 0.1) is 11.1 Å². The minimum atomic E-state index is -1.30. The first-order valence-electron chi connectivity index (χ1n) is 5.36. The molecule has 0 aliphatic rings. The van der Waals surface area contributed by atoms with Crippen LogP contribution in [0.1, 0.15) is 20.7 Å². The molecule has 0 bridgehead atoms. The van der Waals surface area contributed by atoms with Gasteiger partial charge in [0.15, 0.2) is 0 Å². The molecule has 0 aliphatic heterocycles. The fraction of sp³-hybridized carbons (Fsp3) is 0. The maximum absolute atomic E-state index is 13.7. The minimum Gasteiger partial charge on any atom is -0.478 e. The maximum Gasteiger partial charge on any atom is 0.336 e. The van der Waals surface area contributed by atoms with Crippen LogP contribution < -0.4 is 0 Å². The molecular weight excluding hydrogens is 251 g/mol. The van der Waals surface area contributed by atoms with Crippen molar-refractivity contribution in [2.24, 2.45) is 0 Å². The maximum atomic E-state index is 13.7. The molecule has 0 fully saturated rings. The predicted octanol–water partition coefficient (Wildman–Crippen LogP) is 2.89. The highest BCUT2D eigenvalue weighted by Crippen LogP contribution is 2.27. The molecule has 0 saturated carbocycles. The number of halogens is 1. The van der Waals surface area contributed by atoms with Gasteiger partial charge in [-0.25, -0.2) is 14.0 Å². The largest absolute Gasteiger partial charge is 0.478 e. The van der Waals surface area contributed by atoms with Crippen molar-refractivity contribution in [3.8, 4) is 11.1 Å². The highest BCUT2D eigenvalue weighted by Gasteiger charge is 2.17. The van der Waals surface area contributed by atoms with Crippen LogP contribution in [-0.4, -0.2) is 22.2 Å². The van der Waals surface area contributed by atoms with Gasteiger partial charge >= 0.3 is 11.9 Å². The number of carboxylic acid groups (broad SMARTS) is 2. The lowest BCUT2D eigenvalue weighted by Crippen LogP contribution is -2.04. The van der Waals surface area contributed by atoms with Crippen molar-refractivity contribution in [3.63, 3.8) is 0 Å². The van der Waals surface area contributed by atoms with Gasteiger partial charge in [0.2, 0.25) is 0 Å². The van der Waals surface area contributed by atoms with E-state index in [4.69, 9.17) is 10.2 Å². The van der Waals surface area contributed by atoms with Gasteiger partial charge in [0.1, 0.15) is 5.82 Å². The third kappa shape index (κ3) is 2.44. The van der Waals surface area contributed by atoms with Gasteiger partial charge in [0, 0.05) is 5.56 Å². The first-order chi connectivity index (χ1) is 9.00. The van der Waals surface area contributed by atoms with E-state index < -0.39 is 17.8 Å². The highest BCUT2D eigenvalue weighted by atomic mass is 19.1. The summed E-state index contributed by atoms with van der Waals surface area (Å²) in [5.41, 5.74) is -0.130. The summed E-state index contributed by atoms with van der Waals surface area (Å²) in [4.78, 5) is 22.0. The lowest BCUT2D eigenvalue weighted by atomic mass is 9.97. The summed E-state index contributed by atoms with van der Waals surface area (Å²) in [7, 11) is 0. The van der Waals surface area contributed by atoms with Crippen LogP contribution in [0.4, 0.5) is 4.39 Å². The molecule has 2 N–H and O–H groups in total. The van der Waals surface area contributed by atoms with E-state index >= 15 is 0 Å². The molecule has 0 spiro atoms. The minimum absolute atomic E-state index is 0.122. The zero-order chi connectivity index (χ0) is 14.0. The average molecular weight is 260 g/mol. The van der Waals surface area contributed by atoms with E-state index in [2.05, 4.69) is 0 Å². The first kappa shape index (κ1) is 12.8. The zero-order valence-corrected chi connectivity index (χ0v) is 9.63. The highest BCUT2D eigenvalue weighted by molar-refractivity contribution is 5.99. The van der Waals surface area contributed by atoms with Gasteiger partial charge in [-0.2, -0.15) is 0 Å². The monoisotopic (exact) mass is 260 g/mol. The first-order valence-corrected chi connectivity index (χ1v) is 5.36. The number of aromatic carboxylic acids is 2. The molecule has 96 valence electrons. The molecule has 4 nitrogen and oxygen atoms in total. The number of hydrogen-bond donors (Lipinski definition) is 2. The van der Waals surface area contributed by atoms with Gasteiger partial charge in [-0.3, -0.25) is 0 Å². The van der Waals surface area contributed by atoms with Gasteiger partial charge in [-0.1, -0.05) is 24.3 Å². The van der Waals surface area contributed by atoms with Gasteiger partial charge in [-0.15, -0.1) is 0 Å². The lowest BCUT2D eigenvalue weighted by molar-refractivity contribution is 0.0696. The second-order valence-corrected chi connectivity index (χ2v) is 3.85. The number of rotatable bonds is 3. The van der Waals surface area contributed by atoms with Crippen LogP contribution >= 0.6 is 0 Å². The molecule has 0 saturated heterocycles. The Hall–Kier alpha value is -2.69. The SMILES string of the molecule is O=C(O)c1ccc(-c2ccccc2F)c(C(=O)O)c1. The smallest absolute Gasteiger partial charge is 0.336 e. The Kier molecular flexibility index (Phi) is 3.29. The molecule has 0 amide bonds. The van der Waals surface area contributed by atoms with Gasteiger partial charge < -0.3 is 10.2 Å². The second kappa shape index (κ2) is 4.89. The van der Waals surface area contributed by atoms with Crippen LogP contribution in [0.3, 0.4) is 0 Å². The Bertz CT molecular complexity index is 664. The van der Waals surface area contributed by atoms with Crippen LogP contribution in [0.15, 0.2) is 42.5 Å². The van der Waals surface area contributed by atoms with E-state index in [-0.39, 0.29) is 22.3 Å². The summed E-state index contributed by atoms with van der Waals surface area (Å²) in [6.07, 6.45) is 0. The van der Waals surface area contributed by atoms with Crippen molar-refractivity contribution in [1.29, 1.82) is 0 Å². The number of carbonyl (C=O) groups is 2. The molecule has 0 radical (unpaired) electrons. The summed E-state index contributed by atoms with van der Waals surface area (Å²) in [5, 5.41) is 17.9. The summed E-state index contributed by atoms with van der Waals surface area (Å²) >= 11 is 0. The number of benzene rings is 2. The fourth-order valence-corrected chi connectivity index (χ4v) is 1.77. The summed E-state index contributed by atoms with van der Waals surface area (Å²) in [6.45, 7) is 0. The molecule has 0 heterocycles. The summed E-state index contributed by atoms with van der Waals surface area (Å²) in [6, 6.07) is 9.29. The van der Waals surface area contributed by atoms with E-state index in [1.54, 1.807) is 6.07 Å². The van der Waals surface area contributed by atoms with Crippen LogP contribution in [0.25, 0.3) is 11.1 Å². The van der Waals surface area contributed by atoms with Crippen molar-refractivity contribution in [2.75, 3.05) is 0 Å². The van der Waals surface area contributed by atoms with Crippen molar-refractivity contribution < 1.29 is 24.2 Å². The van der Waals surface area contributed by atoms with E-state index in [1.165, 1.54) is 30.3 Å². The zero-order valence-electron chi connectivity index (χ0n) is 9.63. The standard InChI is InChI=1S/C14H9FO4/c15-12-4-2-1-3-10(12)9-6-5-8(13(16)17)7-11(9)14(18)19/h1-7H,(H,16,17)(H,18,19). The molecule has 0 unspecified atom stereocenters. The average Bonchev–Trinajstić information content (AvgIpc) is 2.38. The van der Waals surface area contributed by atoms with Crippen molar-refractivity contribution in [3.05, 3.63) is 59.4 Å². The quantitative estimate of drug-likeness (QED) is 0.889. The van der Waals surface area contributed by atoms with E-state index in [0.29, 0.717) is 0 Å². The number of hydrogen-bond acceptors (Lipinski definition) is 2. The van der Waals surface area contributed by atoms with Crippen molar-refractivity contribution in [1.82, 2.24) is 0 Å². The predicted molar refractivity (Wildman–Crippen MR) is 65.8 cm³/mol.